The van der Waals surface area contributed by atoms with Crippen LogP contribution < -0.4 is 0 Å². The summed E-state index contributed by atoms with van der Waals surface area (Å²) in [7, 11) is 0. The van der Waals surface area contributed by atoms with Crippen molar-refractivity contribution in [1.82, 2.24) is 4.98 Å². The van der Waals surface area contributed by atoms with Crippen LogP contribution in [0.3, 0.4) is 0 Å². The first-order chi connectivity index (χ1) is 14.0. The molecular weight excluding hydrogens is 382 g/mol. The average molecular weight is 404 g/mol. The zero-order valence-corrected chi connectivity index (χ0v) is 17.1. The van der Waals surface area contributed by atoms with Crippen LogP contribution in [0.1, 0.15) is 23.0 Å². The van der Waals surface area contributed by atoms with E-state index >= 15 is 0 Å². The summed E-state index contributed by atoms with van der Waals surface area (Å²) in [4.78, 5) is 29.4. The zero-order valence-electron chi connectivity index (χ0n) is 16.3. The molecule has 29 heavy (non-hydrogen) atoms. The Morgan fingerprint density at radius 1 is 1.00 bits per heavy atom. The van der Waals surface area contributed by atoms with Gasteiger partial charge < -0.3 is 9.72 Å². The first-order valence-corrected chi connectivity index (χ1v) is 10.4. The normalized spacial score (nSPS) is 12.2. The van der Waals surface area contributed by atoms with E-state index in [2.05, 4.69) is 17.1 Å². The van der Waals surface area contributed by atoms with Crippen molar-refractivity contribution in [3.8, 4) is 0 Å². The van der Waals surface area contributed by atoms with Crippen LogP contribution in [0.2, 0.25) is 0 Å². The summed E-state index contributed by atoms with van der Waals surface area (Å²) in [5.74, 6) is -0.437. The average Bonchev–Trinajstić information content (AvgIpc) is 3.07. The summed E-state index contributed by atoms with van der Waals surface area (Å²) >= 11 is 1.41. The topological polar surface area (TPSA) is 59.2 Å². The van der Waals surface area contributed by atoms with Gasteiger partial charge in [-0.2, -0.15) is 0 Å². The van der Waals surface area contributed by atoms with Gasteiger partial charge in [0.25, 0.3) is 0 Å². The highest BCUT2D eigenvalue weighted by molar-refractivity contribution is 8.00. The van der Waals surface area contributed by atoms with E-state index in [0.717, 1.165) is 32.3 Å². The second kappa shape index (κ2) is 8.13. The minimum absolute atomic E-state index is 0.156. The van der Waals surface area contributed by atoms with E-state index in [1.807, 2.05) is 61.5 Å². The molecule has 0 fully saturated rings. The Morgan fingerprint density at radius 3 is 2.55 bits per heavy atom. The van der Waals surface area contributed by atoms with Crippen molar-refractivity contribution in [2.24, 2.45) is 0 Å². The SMILES string of the molecule is Cc1[nH]c2ccccc2c1C(=O)[C@H](C)OC(=O)CSc1ccc2ccccc2c1. The van der Waals surface area contributed by atoms with Crippen molar-refractivity contribution in [3.63, 3.8) is 0 Å². The van der Waals surface area contributed by atoms with Crippen molar-refractivity contribution in [1.29, 1.82) is 0 Å². The number of fused-ring (bicyclic) bond motifs is 2. The standard InChI is InChI=1S/C24H21NO3S/c1-15-23(20-9-5-6-10-21(20)25-15)24(27)16(2)28-22(26)14-29-19-12-11-17-7-3-4-8-18(17)13-19/h3-13,16,25H,14H2,1-2H3/t16-/m0/s1. The molecular formula is C24H21NO3S. The first-order valence-electron chi connectivity index (χ1n) is 9.45. The van der Waals surface area contributed by atoms with Crippen LogP contribution in [0.25, 0.3) is 21.7 Å². The number of hydrogen-bond acceptors (Lipinski definition) is 4. The number of aromatic amines is 1. The third-order valence-electron chi connectivity index (χ3n) is 4.90. The number of para-hydroxylation sites is 1. The molecule has 0 aliphatic rings. The van der Waals surface area contributed by atoms with Gasteiger partial charge in [0.05, 0.1) is 5.75 Å². The Bertz CT molecular complexity index is 1210. The predicted octanol–water partition coefficient (Wildman–Crippen LogP) is 5.54. The van der Waals surface area contributed by atoms with Crippen LogP contribution in [-0.2, 0) is 9.53 Å². The number of nitrogens with one attached hydrogen (secondary N) is 1. The van der Waals surface area contributed by atoms with Crippen LogP contribution >= 0.6 is 11.8 Å². The van der Waals surface area contributed by atoms with Gasteiger partial charge in [0.1, 0.15) is 0 Å². The highest BCUT2D eigenvalue weighted by Crippen LogP contribution is 2.25. The van der Waals surface area contributed by atoms with Crippen LogP contribution in [0.4, 0.5) is 0 Å². The summed E-state index contributed by atoms with van der Waals surface area (Å²) in [6.45, 7) is 3.49. The molecule has 4 aromatic rings. The highest BCUT2D eigenvalue weighted by atomic mass is 32.2. The van der Waals surface area contributed by atoms with Crippen molar-refractivity contribution in [2.75, 3.05) is 5.75 Å². The molecule has 0 aliphatic carbocycles. The maximum absolute atomic E-state index is 12.9. The van der Waals surface area contributed by atoms with Gasteiger partial charge in [-0.1, -0.05) is 48.5 Å². The first kappa shape index (κ1) is 19.3. The summed E-state index contributed by atoms with van der Waals surface area (Å²) in [6, 6.07) is 21.8. The third kappa shape index (κ3) is 4.05. The summed E-state index contributed by atoms with van der Waals surface area (Å²) in [5, 5.41) is 3.14. The molecule has 0 aliphatic heterocycles. The number of ketones is 1. The number of thioether (sulfide) groups is 1. The van der Waals surface area contributed by atoms with Gasteiger partial charge in [-0.05, 0) is 42.8 Å². The second-order valence-electron chi connectivity index (χ2n) is 6.96. The van der Waals surface area contributed by atoms with Crippen molar-refractivity contribution in [2.45, 2.75) is 24.8 Å². The van der Waals surface area contributed by atoms with Gasteiger partial charge in [0.15, 0.2) is 6.10 Å². The van der Waals surface area contributed by atoms with Crippen molar-refractivity contribution in [3.05, 3.63) is 78.0 Å². The van der Waals surface area contributed by atoms with Gasteiger partial charge in [0, 0.05) is 27.1 Å². The lowest BCUT2D eigenvalue weighted by Gasteiger charge is -2.12. The number of aryl methyl sites for hydroxylation is 1. The Morgan fingerprint density at radius 2 is 1.72 bits per heavy atom. The number of ether oxygens (including phenoxy) is 1. The molecule has 0 unspecified atom stereocenters. The summed E-state index contributed by atoms with van der Waals surface area (Å²) in [5.41, 5.74) is 2.27. The molecule has 0 radical (unpaired) electrons. The monoisotopic (exact) mass is 403 g/mol. The third-order valence-corrected chi connectivity index (χ3v) is 5.86. The second-order valence-corrected chi connectivity index (χ2v) is 8.01. The molecule has 146 valence electrons. The number of Topliss-reactive ketones (excluding diaryl/α,β-unsaturated/α-hetero) is 1. The van der Waals surface area contributed by atoms with Gasteiger partial charge in [-0.3, -0.25) is 9.59 Å². The molecule has 0 spiro atoms. The predicted molar refractivity (Wildman–Crippen MR) is 118 cm³/mol. The number of aromatic nitrogens is 1. The van der Waals surface area contributed by atoms with Crippen LogP contribution in [0, 0.1) is 6.92 Å². The van der Waals surface area contributed by atoms with E-state index in [4.69, 9.17) is 4.74 Å². The molecule has 1 aromatic heterocycles. The van der Waals surface area contributed by atoms with Crippen molar-refractivity contribution >= 4 is 45.2 Å². The molecule has 4 rings (SSSR count). The number of hydrogen-bond donors (Lipinski definition) is 1. The molecule has 0 bridgehead atoms. The Hall–Kier alpha value is -3.05. The molecule has 0 saturated carbocycles. The van der Waals surface area contributed by atoms with E-state index in [1.54, 1.807) is 6.92 Å². The number of rotatable bonds is 6. The Labute approximate surface area is 173 Å². The molecule has 0 saturated heterocycles. The Kier molecular flexibility index (Phi) is 5.41. The summed E-state index contributed by atoms with van der Waals surface area (Å²) in [6.07, 6.45) is -0.836. The fourth-order valence-corrected chi connectivity index (χ4v) is 4.21. The number of benzene rings is 3. The lowest BCUT2D eigenvalue weighted by atomic mass is 10.0. The number of H-pyrrole nitrogens is 1. The molecule has 3 aromatic carbocycles. The van der Waals surface area contributed by atoms with Gasteiger partial charge in [-0.15, -0.1) is 11.8 Å². The van der Waals surface area contributed by atoms with Gasteiger partial charge >= 0.3 is 5.97 Å². The number of carbonyl (C=O) groups is 2. The highest BCUT2D eigenvalue weighted by Gasteiger charge is 2.24. The smallest absolute Gasteiger partial charge is 0.316 e. The van der Waals surface area contributed by atoms with E-state index in [0.29, 0.717) is 5.56 Å². The molecule has 0 amide bonds. The van der Waals surface area contributed by atoms with Crippen LogP contribution in [0.5, 0.6) is 0 Å². The number of esters is 1. The minimum atomic E-state index is -0.836. The van der Waals surface area contributed by atoms with E-state index < -0.39 is 12.1 Å². The minimum Gasteiger partial charge on any atom is -0.454 e. The lowest BCUT2D eigenvalue weighted by molar-refractivity contribution is -0.143. The fourth-order valence-electron chi connectivity index (χ4n) is 3.48. The molecule has 4 nitrogen and oxygen atoms in total. The maximum Gasteiger partial charge on any atom is 0.316 e. The molecule has 5 heteroatoms. The maximum atomic E-state index is 12.9. The van der Waals surface area contributed by atoms with Crippen LogP contribution in [0.15, 0.2) is 71.6 Å². The fraction of sp³-hybridized carbons (Fsp3) is 0.167. The molecule has 1 atom stereocenters. The van der Waals surface area contributed by atoms with E-state index in [9.17, 15) is 9.59 Å². The lowest BCUT2D eigenvalue weighted by Crippen LogP contribution is -2.25. The largest absolute Gasteiger partial charge is 0.454 e. The zero-order chi connectivity index (χ0) is 20.4. The Balaban J connectivity index is 1.40. The molecule has 1 N–H and O–H groups in total. The number of carbonyl (C=O) groups excluding carboxylic acids is 2. The van der Waals surface area contributed by atoms with E-state index in [1.165, 1.54) is 11.8 Å². The van der Waals surface area contributed by atoms with Crippen LogP contribution in [-0.4, -0.2) is 28.6 Å². The quantitative estimate of drug-likeness (QED) is 0.261. The van der Waals surface area contributed by atoms with Gasteiger partial charge in [0.2, 0.25) is 5.78 Å². The van der Waals surface area contributed by atoms with E-state index in [-0.39, 0.29) is 11.5 Å². The summed E-state index contributed by atoms with van der Waals surface area (Å²) < 4.78 is 5.43. The van der Waals surface area contributed by atoms with Crippen molar-refractivity contribution < 1.29 is 14.3 Å². The van der Waals surface area contributed by atoms with Gasteiger partial charge in [-0.25, -0.2) is 0 Å². The molecule has 1 heterocycles.